The van der Waals surface area contributed by atoms with E-state index in [9.17, 15) is 24.3 Å². The standard InChI is InChI=1S/C50H38N4O9/c1-60-40-23-26(24-41(61-2)44(40)55)11-20-32-31-21-22-33-43(50(59)53(47(33)56)29-16-12-27(13-17-29)45-51-36-7-3-5-9-38(36)62-45)34(31)25-35-42(32)49(58)54(48(35)57)30-18-14-28(15-19-30)46-52-37-8-4-6-10-39(37)63-46/h3-21,23-24,32-35,42-43,55H,22,25H2,1-2H3. The fourth-order valence-electron chi connectivity index (χ4n) is 10.1. The lowest BCUT2D eigenvalue weighted by Gasteiger charge is -2.42. The van der Waals surface area contributed by atoms with E-state index < -0.39 is 35.5 Å². The summed E-state index contributed by atoms with van der Waals surface area (Å²) in [7, 11) is 2.88. The number of oxazole rings is 2. The maximum atomic E-state index is 14.7. The van der Waals surface area contributed by atoms with Gasteiger partial charge in [-0.3, -0.25) is 29.0 Å². The van der Waals surface area contributed by atoms with Gasteiger partial charge >= 0.3 is 0 Å². The number of benzene rings is 5. The van der Waals surface area contributed by atoms with E-state index in [1.54, 1.807) is 60.7 Å². The fourth-order valence-corrected chi connectivity index (χ4v) is 10.1. The summed E-state index contributed by atoms with van der Waals surface area (Å²) in [5.41, 5.74) is 6.42. The Labute approximate surface area is 359 Å². The van der Waals surface area contributed by atoms with E-state index in [4.69, 9.17) is 18.3 Å². The zero-order valence-corrected chi connectivity index (χ0v) is 34.0. The van der Waals surface area contributed by atoms with Crippen LogP contribution in [0.15, 0.2) is 136 Å². The predicted octanol–water partition coefficient (Wildman–Crippen LogP) is 8.62. The molecule has 0 bridgehead atoms. The molecule has 7 aromatic rings. The average molecular weight is 839 g/mol. The predicted molar refractivity (Wildman–Crippen MR) is 232 cm³/mol. The number of aromatic nitrogens is 2. The van der Waals surface area contributed by atoms with Gasteiger partial charge in [0.2, 0.25) is 41.2 Å². The SMILES string of the molecule is COc1cc(C=CC2C3=CCC4C(=O)N(c5ccc(-c6nc7ccccc7o6)cc5)C(=O)C4C3CC3C(=O)N(c4ccc(-c5nc6ccccc6o5)cc4)C(=O)C23)cc(OC)c1O. The van der Waals surface area contributed by atoms with Crippen LogP contribution in [0.2, 0.25) is 0 Å². The minimum absolute atomic E-state index is 0.153. The number of aromatic hydroxyl groups is 1. The highest BCUT2D eigenvalue weighted by Crippen LogP contribution is 2.56. The fraction of sp³-hybridized carbons (Fsp3) is 0.200. The summed E-state index contributed by atoms with van der Waals surface area (Å²) < 4.78 is 22.7. The van der Waals surface area contributed by atoms with Crippen LogP contribution in [0.3, 0.4) is 0 Å². The number of ether oxygens (including phenoxy) is 2. The number of anilines is 2. The van der Waals surface area contributed by atoms with Crippen molar-refractivity contribution in [3.05, 3.63) is 132 Å². The second kappa shape index (κ2) is 14.7. The third-order valence-electron chi connectivity index (χ3n) is 13.0. The van der Waals surface area contributed by atoms with Crippen LogP contribution in [-0.2, 0) is 19.2 Å². The monoisotopic (exact) mass is 838 g/mol. The maximum absolute atomic E-state index is 14.7. The summed E-state index contributed by atoms with van der Waals surface area (Å²) >= 11 is 0. The number of para-hydroxylation sites is 4. The van der Waals surface area contributed by atoms with Crippen LogP contribution >= 0.6 is 0 Å². The molecule has 5 aromatic carbocycles. The first-order valence-electron chi connectivity index (χ1n) is 20.7. The van der Waals surface area contributed by atoms with Gasteiger partial charge in [0.25, 0.3) is 0 Å². The van der Waals surface area contributed by atoms with Gasteiger partial charge in [-0.25, -0.2) is 9.97 Å². The molecule has 1 saturated carbocycles. The molecule has 2 aliphatic heterocycles. The van der Waals surface area contributed by atoms with Gasteiger partial charge in [-0.05, 0) is 109 Å². The second-order valence-corrected chi connectivity index (χ2v) is 16.3. The summed E-state index contributed by atoms with van der Waals surface area (Å²) in [5, 5.41) is 10.6. The zero-order valence-electron chi connectivity index (χ0n) is 34.0. The summed E-state index contributed by atoms with van der Waals surface area (Å²) in [6.45, 7) is 0. The molecule has 13 heteroatoms. The molecule has 1 N–H and O–H groups in total. The molecule has 312 valence electrons. The maximum Gasteiger partial charge on any atom is 0.238 e. The van der Waals surface area contributed by atoms with Gasteiger partial charge in [0, 0.05) is 17.0 Å². The van der Waals surface area contributed by atoms with Gasteiger partial charge in [-0.2, -0.15) is 0 Å². The van der Waals surface area contributed by atoms with Crippen molar-refractivity contribution in [1.82, 2.24) is 9.97 Å². The minimum atomic E-state index is -0.784. The molecule has 4 aliphatic rings. The minimum Gasteiger partial charge on any atom is -0.502 e. The first kappa shape index (κ1) is 38.1. The van der Waals surface area contributed by atoms with Gasteiger partial charge in [0.15, 0.2) is 22.7 Å². The third kappa shape index (κ3) is 6.05. The van der Waals surface area contributed by atoms with Gasteiger partial charge in [-0.15, -0.1) is 0 Å². The average Bonchev–Trinajstić information content (AvgIpc) is 4.07. The highest BCUT2D eigenvalue weighted by Gasteiger charge is 2.61. The van der Waals surface area contributed by atoms with Crippen molar-refractivity contribution in [1.29, 1.82) is 0 Å². The first-order chi connectivity index (χ1) is 30.7. The van der Waals surface area contributed by atoms with E-state index in [2.05, 4.69) is 9.97 Å². The molecular formula is C50H38N4O9. The quantitative estimate of drug-likeness (QED) is 0.115. The lowest BCUT2D eigenvalue weighted by atomic mass is 9.58. The van der Waals surface area contributed by atoms with E-state index in [-0.39, 0.29) is 47.3 Å². The zero-order chi connectivity index (χ0) is 43.1. The van der Waals surface area contributed by atoms with Gasteiger partial charge in [-0.1, -0.05) is 48.1 Å². The Morgan fingerprint density at radius 1 is 0.635 bits per heavy atom. The smallest absolute Gasteiger partial charge is 0.238 e. The highest BCUT2D eigenvalue weighted by atomic mass is 16.5. The number of phenols is 1. The molecule has 2 aliphatic carbocycles. The number of allylic oxidation sites excluding steroid dienone is 3. The lowest BCUT2D eigenvalue weighted by Crippen LogP contribution is -2.43. The first-order valence-corrected chi connectivity index (χ1v) is 20.7. The third-order valence-corrected chi connectivity index (χ3v) is 13.0. The molecule has 0 radical (unpaired) electrons. The van der Waals surface area contributed by atoms with E-state index in [0.29, 0.717) is 63.0 Å². The van der Waals surface area contributed by atoms with Crippen molar-refractivity contribution in [3.63, 3.8) is 0 Å². The molecule has 3 fully saturated rings. The number of carbonyl (C=O) groups excluding carboxylic acids is 4. The molecule has 6 unspecified atom stereocenters. The Morgan fingerprint density at radius 2 is 1.14 bits per heavy atom. The Morgan fingerprint density at radius 3 is 1.67 bits per heavy atom. The molecule has 13 nitrogen and oxygen atoms in total. The Bertz CT molecular complexity index is 3000. The van der Waals surface area contributed by atoms with Gasteiger partial charge in [0.05, 0.1) is 49.3 Å². The highest BCUT2D eigenvalue weighted by molar-refractivity contribution is 6.24. The Balaban J connectivity index is 0.932. The summed E-state index contributed by atoms with van der Waals surface area (Å²) in [5.74, 6) is -4.33. The van der Waals surface area contributed by atoms with Crippen molar-refractivity contribution < 1.29 is 42.6 Å². The molecule has 6 atom stereocenters. The molecular weight excluding hydrogens is 801 g/mol. The lowest BCUT2D eigenvalue weighted by molar-refractivity contribution is -0.126. The number of rotatable bonds is 8. The summed E-state index contributed by atoms with van der Waals surface area (Å²) in [4.78, 5) is 70.0. The van der Waals surface area contributed by atoms with Crippen LogP contribution in [0.4, 0.5) is 11.4 Å². The van der Waals surface area contributed by atoms with Crippen LogP contribution in [0.1, 0.15) is 18.4 Å². The molecule has 4 heterocycles. The Kier molecular flexibility index (Phi) is 8.89. The molecule has 63 heavy (non-hydrogen) atoms. The Hall–Kier alpha value is -7.80. The van der Waals surface area contributed by atoms with Crippen LogP contribution in [0.25, 0.3) is 51.2 Å². The van der Waals surface area contributed by atoms with Crippen molar-refractivity contribution in [2.75, 3.05) is 24.0 Å². The number of fused-ring (bicyclic) bond motifs is 6. The van der Waals surface area contributed by atoms with Crippen molar-refractivity contribution in [2.24, 2.45) is 35.5 Å². The van der Waals surface area contributed by atoms with Gasteiger partial charge < -0.3 is 23.4 Å². The van der Waals surface area contributed by atoms with Crippen molar-refractivity contribution >= 4 is 63.3 Å². The number of nitrogens with zero attached hydrogens (tertiary/aromatic N) is 4. The van der Waals surface area contributed by atoms with Crippen molar-refractivity contribution in [3.8, 4) is 40.2 Å². The number of phenolic OH excluding ortho intramolecular Hbond substituents is 1. The van der Waals surface area contributed by atoms with E-state index in [1.165, 1.54) is 24.0 Å². The number of carbonyl (C=O) groups is 4. The molecule has 2 saturated heterocycles. The normalized spacial score (nSPS) is 23.1. The van der Waals surface area contributed by atoms with E-state index in [0.717, 1.165) is 11.1 Å². The summed E-state index contributed by atoms with van der Waals surface area (Å²) in [6.07, 6.45) is 6.20. The van der Waals surface area contributed by atoms with Crippen molar-refractivity contribution in [2.45, 2.75) is 12.8 Å². The topological polar surface area (TPSA) is 166 Å². The van der Waals surface area contributed by atoms with Crippen LogP contribution in [0.5, 0.6) is 17.2 Å². The summed E-state index contributed by atoms with van der Waals surface area (Å²) in [6, 6.07) is 32.2. The van der Waals surface area contributed by atoms with Crippen LogP contribution in [-0.4, -0.2) is 52.9 Å². The number of hydrogen-bond acceptors (Lipinski definition) is 11. The molecule has 11 rings (SSSR count). The largest absolute Gasteiger partial charge is 0.502 e. The number of methoxy groups -OCH3 is 2. The van der Waals surface area contributed by atoms with E-state index >= 15 is 0 Å². The van der Waals surface area contributed by atoms with Crippen LogP contribution < -0.4 is 19.3 Å². The van der Waals surface area contributed by atoms with Gasteiger partial charge in [0.1, 0.15) is 11.0 Å². The molecule has 0 spiro atoms. The van der Waals surface area contributed by atoms with Crippen LogP contribution in [0, 0.1) is 35.5 Å². The molecule has 2 aromatic heterocycles. The number of amides is 4. The second-order valence-electron chi connectivity index (χ2n) is 16.3. The number of imide groups is 2. The molecule has 4 amide bonds. The number of hydrogen-bond donors (Lipinski definition) is 1. The van der Waals surface area contributed by atoms with E-state index in [1.807, 2.05) is 66.8 Å².